The first kappa shape index (κ1) is 18.1. The van der Waals surface area contributed by atoms with E-state index in [1.54, 1.807) is 17.0 Å². The normalized spacial score (nSPS) is 16.2. The lowest BCUT2D eigenvalue weighted by Gasteiger charge is -2.32. The zero-order chi connectivity index (χ0) is 18.5. The molecule has 1 aliphatic rings. The van der Waals surface area contributed by atoms with Crippen molar-refractivity contribution in [3.63, 3.8) is 0 Å². The lowest BCUT2D eigenvalue weighted by atomic mass is 9.94. The summed E-state index contributed by atoms with van der Waals surface area (Å²) in [6, 6.07) is 15.8. The van der Waals surface area contributed by atoms with Crippen LogP contribution in [0.4, 0.5) is 4.39 Å². The predicted octanol–water partition coefficient (Wildman–Crippen LogP) is 3.56. The number of nitrogens with zero attached hydrogens (tertiary/aromatic N) is 1. The Hall–Kier alpha value is -2.69. The maximum Gasteiger partial charge on any atom is 0.256 e. The van der Waals surface area contributed by atoms with Crippen molar-refractivity contribution in [2.45, 2.75) is 25.8 Å². The van der Waals surface area contributed by atoms with Crippen molar-refractivity contribution < 1.29 is 14.0 Å². The summed E-state index contributed by atoms with van der Waals surface area (Å²) in [7, 11) is 0. The second-order valence-electron chi connectivity index (χ2n) is 6.69. The molecule has 0 aliphatic carbocycles. The van der Waals surface area contributed by atoms with Crippen LogP contribution in [0.2, 0.25) is 0 Å². The van der Waals surface area contributed by atoms with Gasteiger partial charge in [0.2, 0.25) is 5.91 Å². The van der Waals surface area contributed by atoms with E-state index in [-0.39, 0.29) is 29.3 Å². The third-order valence-corrected chi connectivity index (χ3v) is 4.92. The van der Waals surface area contributed by atoms with Crippen LogP contribution in [0.1, 0.15) is 41.7 Å². The van der Waals surface area contributed by atoms with Crippen LogP contribution in [0.15, 0.2) is 54.6 Å². The van der Waals surface area contributed by atoms with Crippen molar-refractivity contribution in [2.24, 2.45) is 5.92 Å². The molecule has 1 heterocycles. The Morgan fingerprint density at radius 2 is 1.65 bits per heavy atom. The number of piperidine rings is 1. The quantitative estimate of drug-likeness (QED) is 0.913. The third kappa shape index (κ3) is 4.10. The monoisotopic (exact) mass is 354 g/mol. The minimum atomic E-state index is -0.506. The molecule has 0 aromatic heterocycles. The van der Waals surface area contributed by atoms with E-state index in [4.69, 9.17) is 0 Å². The predicted molar refractivity (Wildman–Crippen MR) is 98.0 cm³/mol. The molecule has 2 aromatic rings. The Kier molecular flexibility index (Phi) is 5.66. The molecule has 0 unspecified atom stereocenters. The van der Waals surface area contributed by atoms with Gasteiger partial charge in [0.1, 0.15) is 5.82 Å². The van der Waals surface area contributed by atoms with Crippen LogP contribution in [0.3, 0.4) is 0 Å². The van der Waals surface area contributed by atoms with Crippen LogP contribution in [-0.2, 0) is 4.79 Å². The molecule has 2 amide bonds. The van der Waals surface area contributed by atoms with Gasteiger partial charge in [-0.05, 0) is 37.5 Å². The van der Waals surface area contributed by atoms with Gasteiger partial charge in [-0.1, -0.05) is 42.5 Å². The van der Waals surface area contributed by atoms with Gasteiger partial charge in [0.25, 0.3) is 5.91 Å². The van der Waals surface area contributed by atoms with Crippen molar-refractivity contribution in [2.75, 3.05) is 13.1 Å². The molecule has 1 aliphatic heterocycles. The summed E-state index contributed by atoms with van der Waals surface area (Å²) < 4.78 is 13.8. The molecule has 26 heavy (non-hydrogen) atoms. The van der Waals surface area contributed by atoms with E-state index in [0.29, 0.717) is 25.9 Å². The van der Waals surface area contributed by atoms with Crippen molar-refractivity contribution in [3.05, 3.63) is 71.5 Å². The summed E-state index contributed by atoms with van der Waals surface area (Å²) in [5.41, 5.74) is 1.15. The number of benzene rings is 2. The van der Waals surface area contributed by atoms with Gasteiger partial charge in [-0.15, -0.1) is 0 Å². The van der Waals surface area contributed by atoms with Crippen LogP contribution in [0.5, 0.6) is 0 Å². The van der Waals surface area contributed by atoms with Gasteiger partial charge >= 0.3 is 0 Å². The van der Waals surface area contributed by atoms with E-state index in [1.807, 2.05) is 37.3 Å². The summed E-state index contributed by atoms with van der Waals surface area (Å²) in [4.78, 5) is 26.6. The summed E-state index contributed by atoms with van der Waals surface area (Å²) in [5, 5.41) is 3.05. The van der Waals surface area contributed by atoms with Crippen molar-refractivity contribution in [1.82, 2.24) is 10.2 Å². The zero-order valence-electron chi connectivity index (χ0n) is 14.8. The van der Waals surface area contributed by atoms with E-state index >= 15 is 0 Å². The van der Waals surface area contributed by atoms with Crippen molar-refractivity contribution >= 4 is 11.8 Å². The molecule has 1 atom stereocenters. The number of rotatable bonds is 4. The fourth-order valence-electron chi connectivity index (χ4n) is 3.31. The highest BCUT2D eigenvalue weighted by Gasteiger charge is 2.29. The molecule has 136 valence electrons. The van der Waals surface area contributed by atoms with Gasteiger partial charge in [-0.2, -0.15) is 0 Å². The largest absolute Gasteiger partial charge is 0.349 e. The number of carbonyl (C=O) groups excluding carboxylic acids is 2. The topological polar surface area (TPSA) is 49.4 Å². The zero-order valence-corrected chi connectivity index (χ0v) is 14.8. The second kappa shape index (κ2) is 8.13. The number of amides is 2. The molecular formula is C21H23FN2O2. The average molecular weight is 354 g/mol. The maximum atomic E-state index is 13.8. The highest BCUT2D eigenvalue weighted by molar-refractivity contribution is 5.94. The number of carbonyl (C=O) groups is 2. The fraction of sp³-hybridized carbons (Fsp3) is 0.333. The van der Waals surface area contributed by atoms with Crippen LogP contribution in [-0.4, -0.2) is 29.8 Å². The minimum Gasteiger partial charge on any atom is -0.349 e. The van der Waals surface area contributed by atoms with Gasteiger partial charge in [0, 0.05) is 19.0 Å². The molecular weight excluding hydrogens is 331 g/mol. The first-order valence-electron chi connectivity index (χ1n) is 8.95. The molecule has 5 heteroatoms. The second-order valence-corrected chi connectivity index (χ2v) is 6.69. The maximum absolute atomic E-state index is 13.8. The molecule has 2 aromatic carbocycles. The molecule has 1 N–H and O–H groups in total. The van der Waals surface area contributed by atoms with Crippen LogP contribution < -0.4 is 5.32 Å². The van der Waals surface area contributed by atoms with E-state index in [9.17, 15) is 14.0 Å². The number of halogens is 1. The van der Waals surface area contributed by atoms with Crippen LogP contribution >= 0.6 is 0 Å². The molecule has 1 fully saturated rings. The number of hydrogen-bond acceptors (Lipinski definition) is 2. The molecule has 0 saturated carbocycles. The number of nitrogens with one attached hydrogen (secondary N) is 1. The Balaban J connectivity index is 1.54. The number of hydrogen-bond donors (Lipinski definition) is 1. The molecule has 0 spiro atoms. The lowest BCUT2D eigenvalue weighted by Crippen LogP contribution is -2.43. The molecule has 0 bridgehead atoms. The van der Waals surface area contributed by atoms with Gasteiger partial charge < -0.3 is 10.2 Å². The van der Waals surface area contributed by atoms with Gasteiger partial charge in [-0.3, -0.25) is 9.59 Å². The Labute approximate surface area is 153 Å². The van der Waals surface area contributed by atoms with E-state index < -0.39 is 5.82 Å². The Morgan fingerprint density at radius 3 is 2.31 bits per heavy atom. The lowest BCUT2D eigenvalue weighted by molar-refractivity contribution is -0.127. The summed E-state index contributed by atoms with van der Waals surface area (Å²) in [6.45, 7) is 2.89. The highest BCUT2D eigenvalue weighted by Crippen LogP contribution is 2.21. The van der Waals surface area contributed by atoms with Gasteiger partial charge in [-0.25, -0.2) is 4.39 Å². The van der Waals surface area contributed by atoms with E-state index in [2.05, 4.69) is 5.32 Å². The Morgan fingerprint density at radius 1 is 1.04 bits per heavy atom. The SMILES string of the molecule is C[C@H](NC(=O)C1CCN(C(=O)c2ccccc2F)CC1)c1ccccc1. The van der Waals surface area contributed by atoms with Crippen molar-refractivity contribution in [3.8, 4) is 0 Å². The molecule has 0 radical (unpaired) electrons. The molecule has 3 rings (SSSR count). The number of likely N-dealkylation sites (tertiary alicyclic amines) is 1. The first-order chi connectivity index (χ1) is 12.6. The smallest absolute Gasteiger partial charge is 0.256 e. The van der Waals surface area contributed by atoms with E-state index in [1.165, 1.54) is 12.1 Å². The molecule has 4 nitrogen and oxygen atoms in total. The van der Waals surface area contributed by atoms with Gasteiger partial charge in [0.15, 0.2) is 0 Å². The van der Waals surface area contributed by atoms with E-state index in [0.717, 1.165) is 5.56 Å². The summed E-state index contributed by atoms with van der Waals surface area (Å²) in [5.74, 6) is -0.918. The first-order valence-corrected chi connectivity index (χ1v) is 8.95. The van der Waals surface area contributed by atoms with Crippen LogP contribution in [0.25, 0.3) is 0 Å². The van der Waals surface area contributed by atoms with Crippen molar-refractivity contribution in [1.29, 1.82) is 0 Å². The fourth-order valence-corrected chi connectivity index (χ4v) is 3.31. The molecule has 1 saturated heterocycles. The summed E-state index contributed by atoms with van der Waals surface area (Å²) >= 11 is 0. The summed E-state index contributed by atoms with van der Waals surface area (Å²) in [6.07, 6.45) is 1.18. The Bertz CT molecular complexity index is 771. The highest BCUT2D eigenvalue weighted by atomic mass is 19.1. The van der Waals surface area contributed by atoms with Gasteiger partial charge in [0.05, 0.1) is 11.6 Å². The third-order valence-electron chi connectivity index (χ3n) is 4.92. The average Bonchev–Trinajstić information content (AvgIpc) is 2.68. The van der Waals surface area contributed by atoms with Crippen LogP contribution in [0, 0.1) is 11.7 Å². The standard InChI is InChI=1S/C21H23FN2O2/c1-15(16-7-3-2-4-8-16)23-20(25)17-11-13-24(14-12-17)21(26)18-9-5-6-10-19(18)22/h2-10,15,17H,11-14H2,1H3,(H,23,25)/t15-/m0/s1. The minimum absolute atomic E-state index is 0.0133.